The van der Waals surface area contributed by atoms with Gasteiger partial charge in [-0.1, -0.05) is 30.4 Å². The SMILES string of the molecule is CCOC(=O)C(OC)Oc1ccc(C=C(C#N)C(=O)Nc2nnc(CC)s2)cc1. The number of nitrogens with one attached hydrogen (secondary N) is 1. The Kier molecular flexibility index (Phi) is 8.27. The van der Waals surface area contributed by atoms with E-state index in [-0.39, 0.29) is 12.2 Å². The number of ether oxygens (including phenoxy) is 3. The molecule has 0 bridgehead atoms. The fourth-order valence-corrected chi connectivity index (χ4v) is 2.77. The molecule has 1 N–H and O–H groups in total. The van der Waals surface area contributed by atoms with Crippen molar-refractivity contribution in [3.63, 3.8) is 0 Å². The molecule has 0 saturated carbocycles. The van der Waals surface area contributed by atoms with Gasteiger partial charge in [0, 0.05) is 7.11 Å². The second-order valence-corrected chi connectivity index (χ2v) is 6.55. The molecule has 0 aliphatic carbocycles. The smallest absolute Gasteiger partial charge is 0.376 e. The number of carbonyl (C=O) groups is 2. The van der Waals surface area contributed by atoms with Crippen molar-refractivity contribution in [2.75, 3.05) is 19.0 Å². The third-order valence-corrected chi connectivity index (χ3v) is 4.47. The molecule has 1 heterocycles. The average molecular weight is 416 g/mol. The Labute approximate surface area is 171 Å². The quantitative estimate of drug-likeness (QED) is 0.286. The molecule has 0 aliphatic heterocycles. The van der Waals surface area contributed by atoms with Crippen LogP contribution in [0.2, 0.25) is 0 Å². The zero-order valence-corrected chi connectivity index (χ0v) is 17.0. The summed E-state index contributed by atoms with van der Waals surface area (Å²) >= 11 is 1.25. The van der Waals surface area contributed by atoms with Gasteiger partial charge in [0.1, 0.15) is 22.4 Å². The molecule has 0 radical (unpaired) electrons. The maximum atomic E-state index is 12.3. The highest BCUT2D eigenvalue weighted by Crippen LogP contribution is 2.19. The van der Waals surface area contributed by atoms with Gasteiger partial charge in [0.2, 0.25) is 5.13 Å². The number of aromatic nitrogens is 2. The lowest BCUT2D eigenvalue weighted by Crippen LogP contribution is -2.31. The van der Waals surface area contributed by atoms with Gasteiger partial charge < -0.3 is 14.2 Å². The molecule has 2 aromatic rings. The van der Waals surface area contributed by atoms with Crippen LogP contribution < -0.4 is 10.1 Å². The van der Waals surface area contributed by atoms with Crippen molar-refractivity contribution >= 4 is 34.4 Å². The summed E-state index contributed by atoms with van der Waals surface area (Å²) in [6, 6.07) is 8.31. The van der Waals surface area contributed by atoms with Crippen LogP contribution in [-0.4, -0.2) is 42.1 Å². The van der Waals surface area contributed by atoms with Crippen molar-refractivity contribution in [1.82, 2.24) is 10.2 Å². The molecule has 0 aliphatic rings. The van der Waals surface area contributed by atoms with E-state index in [2.05, 4.69) is 15.5 Å². The number of aryl methyl sites for hydroxylation is 1. The third-order valence-electron chi connectivity index (χ3n) is 3.48. The van der Waals surface area contributed by atoms with Crippen LogP contribution in [-0.2, 0) is 25.5 Å². The largest absolute Gasteiger partial charge is 0.461 e. The number of benzene rings is 1. The second kappa shape index (κ2) is 10.9. The minimum atomic E-state index is -1.18. The Morgan fingerprint density at radius 2 is 2.00 bits per heavy atom. The predicted octanol–water partition coefficient (Wildman–Crippen LogP) is 2.56. The molecule has 1 amide bonds. The molecule has 2 rings (SSSR count). The van der Waals surface area contributed by atoms with Gasteiger partial charge in [-0.25, -0.2) is 4.79 Å². The average Bonchev–Trinajstić information content (AvgIpc) is 3.18. The maximum Gasteiger partial charge on any atom is 0.376 e. The van der Waals surface area contributed by atoms with E-state index >= 15 is 0 Å². The van der Waals surface area contributed by atoms with Gasteiger partial charge in [0.25, 0.3) is 12.2 Å². The van der Waals surface area contributed by atoms with E-state index < -0.39 is 18.2 Å². The zero-order valence-electron chi connectivity index (χ0n) is 16.2. The van der Waals surface area contributed by atoms with E-state index in [1.54, 1.807) is 31.2 Å². The highest BCUT2D eigenvalue weighted by atomic mass is 32.1. The monoisotopic (exact) mass is 416 g/mol. The minimum absolute atomic E-state index is 0.0896. The Hall–Kier alpha value is -3.29. The number of methoxy groups -OCH3 is 1. The Balaban J connectivity index is 2.06. The summed E-state index contributed by atoms with van der Waals surface area (Å²) in [5, 5.41) is 20.8. The summed E-state index contributed by atoms with van der Waals surface area (Å²) in [6.07, 6.45) is 0.958. The molecule has 9 nitrogen and oxygen atoms in total. The Morgan fingerprint density at radius 1 is 1.28 bits per heavy atom. The van der Waals surface area contributed by atoms with Crippen molar-refractivity contribution in [3.05, 3.63) is 40.4 Å². The molecule has 1 unspecified atom stereocenters. The molecule has 0 fully saturated rings. The van der Waals surface area contributed by atoms with Crippen molar-refractivity contribution in [3.8, 4) is 11.8 Å². The minimum Gasteiger partial charge on any atom is -0.461 e. The maximum absolute atomic E-state index is 12.3. The molecule has 152 valence electrons. The number of anilines is 1. The highest BCUT2D eigenvalue weighted by Gasteiger charge is 2.21. The Morgan fingerprint density at radius 3 is 2.55 bits per heavy atom. The van der Waals surface area contributed by atoms with Crippen LogP contribution >= 0.6 is 11.3 Å². The second-order valence-electron chi connectivity index (χ2n) is 5.49. The van der Waals surface area contributed by atoms with Gasteiger partial charge in [0.05, 0.1) is 6.61 Å². The first-order valence-corrected chi connectivity index (χ1v) is 9.54. The first kappa shape index (κ1) is 22.0. The lowest BCUT2D eigenvalue weighted by atomic mass is 10.1. The fraction of sp³-hybridized carbons (Fsp3) is 0.316. The van der Waals surface area contributed by atoms with Crippen molar-refractivity contribution in [2.45, 2.75) is 26.6 Å². The van der Waals surface area contributed by atoms with Gasteiger partial charge in [-0.15, -0.1) is 10.2 Å². The molecule has 29 heavy (non-hydrogen) atoms. The van der Waals surface area contributed by atoms with Crippen LogP contribution in [0.3, 0.4) is 0 Å². The van der Waals surface area contributed by atoms with E-state index in [1.165, 1.54) is 24.5 Å². The van der Waals surface area contributed by atoms with Crippen LogP contribution in [0.15, 0.2) is 29.8 Å². The molecule has 10 heteroatoms. The standard InChI is InChI=1S/C19H20N4O5S/c1-4-15-22-23-19(29-15)21-16(24)13(11-20)10-12-6-8-14(9-7-12)28-18(26-3)17(25)27-5-2/h6-10,18H,4-5H2,1-3H3,(H,21,23,24). The number of hydrogen-bond acceptors (Lipinski definition) is 9. The number of nitrogens with zero attached hydrogens (tertiary/aromatic N) is 3. The van der Waals surface area contributed by atoms with Gasteiger partial charge in [-0.05, 0) is 37.1 Å². The molecule has 0 saturated heterocycles. The summed E-state index contributed by atoms with van der Waals surface area (Å²) in [7, 11) is 1.33. The van der Waals surface area contributed by atoms with Gasteiger partial charge in [0.15, 0.2) is 0 Å². The summed E-state index contributed by atoms with van der Waals surface area (Å²) in [5.74, 6) is -0.843. The number of amides is 1. The summed E-state index contributed by atoms with van der Waals surface area (Å²) in [6.45, 7) is 3.83. The summed E-state index contributed by atoms with van der Waals surface area (Å²) < 4.78 is 15.2. The number of nitriles is 1. The molecule has 1 atom stereocenters. The molecular formula is C19H20N4O5S. The Bertz CT molecular complexity index is 917. The van der Waals surface area contributed by atoms with Crippen LogP contribution in [0.1, 0.15) is 24.4 Å². The molecule has 1 aromatic heterocycles. The van der Waals surface area contributed by atoms with Crippen LogP contribution in [0.5, 0.6) is 5.75 Å². The van der Waals surface area contributed by atoms with E-state index in [4.69, 9.17) is 14.2 Å². The lowest BCUT2D eigenvalue weighted by Gasteiger charge is -2.15. The first-order chi connectivity index (χ1) is 14.0. The molecule has 1 aromatic carbocycles. The van der Waals surface area contributed by atoms with Gasteiger partial charge >= 0.3 is 5.97 Å². The lowest BCUT2D eigenvalue weighted by molar-refractivity contribution is -0.172. The topological polar surface area (TPSA) is 123 Å². The fourth-order valence-electron chi connectivity index (χ4n) is 2.10. The van der Waals surface area contributed by atoms with Crippen LogP contribution in [0.25, 0.3) is 6.08 Å². The first-order valence-electron chi connectivity index (χ1n) is 8.72. The number of carbonyl (C=O) groups excluding carboxylic acids is 2. The van der Waals surface area contributed by atoms with Crippen molar-refractivity contribution < 1.29 is 23.8 Å². The van der Waals surface area contributed by atoms with E-state index in [9.17, 15) is 14.9 Å². The van der Waals surface area contributed by atoms with E-state index in [0.29, 0.717) is 22.9 Å². The summed E-state index contributed by atoms with van der Waals surface area (Å²) in [5.41, 5.74) is 0.508. The number of hydrogen-bond donors (Lipinski definition) is 1. The van der Waals surface area contributed by atoms with Crippen LogP contribution in [0.4, 0.5) is 5.13 Å². The van der Waals surface area contributed by atoms with Crippen molar-refractivity contribution in [1.29, 1.82) is 5.26 Å². The third kappa shape index (κ3) is 6.38. The zero-order chi connectivity index (χ0) is 21.2. The highest BCUT2D eigenvalue weighted by molar-refractivity contribution is 7.15. The van der Waals surface area contributed by atoms with E-state index in [0.717, 1.165) is 5.01 Å². The summed E-state index contributed by atoms with van der Waals surface area (Å²) in [4.78, 5) is 24.0. The molecular weight excluding hydrogens is 396 g/mol. The number of rotatable bonds is 9. The number of esters is 1. The van der Waals surface area contributed by atoms with Crippen LogP contribution in [0, 0.1) is 11.3 Å². The van der Waals surface area contributed by atoms with Crippen molar-refractivity contribution in [2.24, 2.45) is 0 Å². The molecule has 0 spiro atoms. The van der Waals surface area contributed by atoms with Gasteiger partial charge in [-0.3, -0.25) is 10.1 Å². The normalized spacial score (nSPS) is 12.0. The predicted molar refractivity (Wildman–Crippen MR) is 106 cm³/mol. The van der Waals surface area contributed by atoms with Gasteiger partial charge in [-0.2, -0.15) is 5.26 Å². The van der Waals surface area contributed by atoms with E-state index in [1.807, 2.05) is 13.0 Å².